The van der Waals surface area contributed by atoms with Gasteiger partial charge in [-0.1, -0.05) is 92.8 Å². The van der Waals surface area contributed by atoms with E-state index in [1.165, 1.54) is 59.9 Å². The fourth-order valence-electron chi connectivity index (χ4n) is 8.33. The average molecular weight is 637 g/mol. The molecule has 2 saturated carbocycles. The quantitative estimate of drug-likeness (QED) is 0.155. The number of aromatic amines is 1. The first-order chi connectivity index (χ1) is 23.5. The average Bonchev–Trinajstić information content (AvgIpc) is 3.84. The van der Waals surface area contributed by atoms with Crippen LogP contribution in [0, 0.1) is 0 Å². The molecule has 0 saturated heterocycles. The summed E-state index contributed by atoms with van der Waals surface area (Å²) < 4.78 is 2.43. The maximum absolute atomic E-state index is 14.2. The summed E-state index contributed by atoms with van der Waals surface area (Å²) in [4.78, 5) is 33.5. The van der Waals surface area contributed by atoms with Crippen molar-refractivity contribution in [2.45, 2.75) is 75.8 Å². The van der Waals surface area contributed by atoms with Gasteiger partial charge in [0.25, 0.3) is 5.91 Å². The van der Waals surface area contributed by atoms with Crippen LogP contribution in [0.3, 0.4) is 0 Å². The molecule has 7 nitrogen and oxygen atoms in total. The molecule has 0 unspecified atom stereocenters. The highest BCUT2D eigenvalue weighted by atomic mass is 16.4. The molecule has 3 N–H and O–H groups in total. The summed E-state index contributed by atoms with van der Waals surface area (Å²) in [5.41, 5.74) is 8.98. The number of rotatable bonds is 7. The Bertz CT molecular complexity index is 2090. The Kier molecular flexibility index (Phi) is 7.83. The van der Waals surface area contributed by atoms with Crippen molar-refractivity contribution in [3.8, 4) is 22.6 Å². The van der Waals surface area contributed by atoms with E-state index in [4.69, 9.17) is 10.1 Å². The summed E-state index contributed by atoms with van der Waals surface area (Å²) in [6.07, 6.45) is 19.0. The zero-order chi connectivity index (χ0) is 32.7. The molecule has 242 valence electrons. The fraction of sp³-hybridized carbons (Fsp3) is 0.293. The number of carbonyl (C=O) groups excluding carboxylic acids is 1. The molecule has 8 rings (SSSR count). The van der Waals surface area contributed by atoms with E-state index in [9.17, 15) is 9.59 Å². The Morgan fingerprint density at radius 2 is 1.79 bits per heavy atom. The van der Waals surface area contributed by atoms with E-state index in [1.807, 2.05) is 36.5 Å². The number of aromatic nitrogens is 3. The highest BCUT2D eigenvalue weighted by Crippen LogP contribution is 2.46. The van der Waals surface area contributed by atoms with Gasteiger partial charge in [-0.3, -0.25) is 4.79 Å². The van der Waals surface area contributed by atoms with Crippen molar-refractivity contribution in [2.75, 3.05) is 0 Å². The van der Waals surface area contributed by atoms with Crippen molar-refractivity contribution < 1.29 is 14.7 Å². The van der Waals surface area contributed by atoms with Gasteiger partial charge < -0.3 is 20.0 Å². The number of fused-ring (bicyclic) bond motifs is 5. The number of amides is 1. The zero-order valence-corrected chi connectivity index (χ0v) is 27.0. The van der Waals surface area contributed by atoms with E-state index < -0.39 is 11.5 Å². The normalized spacial score (nSPS) is 17.3. The van der Waals surface area contributed by atoms with Crippen LogP contribution in [0.1, 0.15) is 96.4 Å². The summed E-state index contributed by atoms with van der Waals surface area (Å²) in [7, 11) is 0. The van der Waals surface area contributed by atoms with Gasteiger partial charge >= 0.3 is 5.97 Å². The summed E-state index contributed by atoms with van der Waals surface area (Å²) in [5.74, 6) is 0.145. The summed E-state index contributed by atoms with van der Waals surface area (Å²) in [5, 5.41) is 13.8. The SMILES string of the molecule is O=C(O)/C=C/c1cccc(-c2nc(C3(NC(=O)c4ccc5c(C6CCCCC6)c6n(c5c4)CC=Cc4ccccc4-6)CCCC3)c[nH]2)c1. The molecule has 1 aliphatic heterocycles. The molecule has 2 aromatic heterocycles. The van der Waals surface area contributed by atoms with Crippen LogP contribution < -0.4 is 5.32 Å². The van der Waals surface area contributed by atoms with Crippen LogP contribution in [0.5, 0.6) is 0 Å². The molecule has 0 spiro atoms. The summed E-state index contributed by atoms with van der Waals surface area (Å²) in [6.45, 7) is 0.769. The second-order valence-corrected chi connectivity index (χ2v) is 13.6. The molecule has 0 radical (unpaired) electrons. The maximum Gasteiger partial charge on any atom is 0.328 e. The van der Waals surface area contributed by atoms with Crippen molar-refractivity contribution in [1.82, 2.24) is 19.9 Å². The summed E-state index contributed by atoms with van der Waals surface area (Å²) >= 11 is 0. The number of nitrogens with one attached hydrogen (secondary N) is 2. The molecule has 2 fully saturated rings. The number of nitrogens with zero attached hydrogens (tertiary/aromatic N) is 2. The van der Waals surface area contributed by atoms with Crippen LogP contribution in [0.15, 0.2) is 85.1 Å². The van der Waals surface area contributed by atoms with Gasteiger partial charge in [-0.25, -0.2) is 9.78 Å². The molecular weight excluding hydrogens is 596 g/mol. The van der Waals surface area contributed by atoms with E-state index in [0.717, 1.165) is 60.6 Å². The lowest BCUT2D eigenvalue weighted by Crippen LogP contribution is -2.44. The monoisotopic (exact) mass is 636 g/mol. The molecule has 48 heavy (non-hydrogen) atoms. The van der Waals surface area contributed by atoms with Gasteiger partial charge in [-0.15, -0.1) is 0 Å². The van der Waals surface area contributed by atoms with Crippen LogP contribution in [-0.2, 0) is 16.9 Å². The topological polar surface area (TPSA) is 100 Å². The first-order valence-electron chi connectivity index (χ1n) is 17.3. The Morgan fingerprint density at radius 3 is 2.62 bits per heavy atom. The zero-order valence-electron chi connectivity index (χ0n) is 27.0. The number of carbonyl (C=O) groups is 2. The van der Waals surface area contributed by atoms with E-state index in [0.29, 0.717) is 17.3 Å². The van der Waals surface area contributed by atoms with Crippen LogP contribution in [-0.4, -0.2) is 31.5 Å². The predicted molar refractivity (Wildman–Crippen MR) is 191 cm³/mol. The van der Waals surface area contributed by atoms with Crippen molar-refractivity contribution >= 4 is 34.9 Å². The molecule has 5 aromatic rings. The van der Waals surface area contributed by atoms with Crippen LogP contribution in [0.25, 0.3) is 45.7 Å². The van der Waals surface area contributed by atoms with Gasteiger partial charge in [-0.2, -0.15) is 0 Å². The Morgan fingerprint density at radius 1 is 0.958 bits per heavy atom. The number of benzene rings is 3. The van der Waals surface area contributed by atoms with Gasteiger partial charge in [0, 0.05) is 46.4 Å². The van der Waals surface area contributed by atoms with E-state index in [1.54, 1.807) is 6.08 Å². The molecule has 3 aliphatic rings. The molecule has 2 aliphatic carbocycles. The van der Waals surface area contributed by atoms with Crippen LogP contribution in [0.2, 0.25) is 0 Å². The number of allylic oxidation sites excluding steroid dienone is 1. The maximum atomic E-state index is 14.2. The first-order valence-corrected chi connectivity index (χ1v) is 17.3. The van der Waals surface area contributed by atoms with E-state index >= 15 is 0 Å². The van der Waals surface area contributed by atoms with Crippen molar-refractivity contribution in [3.63, 3.8) is 0 Å². The largest absolute Gasteiger partial charge is 0.478 e. The number of H-pyrrole nitrogens is 1. The van der Waals surface area contributed by atoms with Crippen LogP contribution >= 0.6 is 0 Å². The third kappa shape index (κ3) is 5.47. The highest BCUT2D eigenvalue weighted by molar-refractivity contribution is 6.02. The number of carboxylic acids is 1. The number of aliphatic carboxylic acids is 1. The molecule has 7 heteroatoms. The number of imidazole rings is 1. The second-order valence-electron chi connectivity index (χ2n) is 13.6. The van der Waals surface area contributed by atoms with E-state index in [2.05, 4.69) is 63.4 Å². The third-order valence-electron chi connectivity index (χ3n) is 10.6. The smallest absolute Gasteiger partial charge is 0.328 e. The molecule has 3 heterocycles. The Hall–Kier alpha value is -5.17. The van der Waals surface area contributed by atoms with Crippen molar-refractivity contribution in [2.24, 2.45) is 0 Å². The van der Waals surface area contributed by atoms with Crippen LogP contribution in [0.4, 0.5) is 0 Å². The van der Waals surface area contributed by atoms with Gasteiger partial charge in [0.05, 0.1) is 16.9 Å². The Balaban J connectivity index is 1.14. The standard InChI is InChI=1S/C41H40N4O3/c46-36(47)20-17-27-10-8-14-30(24-27)39-42-26-35(43-39)41(21-6-7-22-41)44-40(48)31-18-19-33-34(25-31)45-23-9-15-28-11-4-5-16-32(28)38(45)37(33)29-12-2-1-3-13-29/h4-5,8-11,14-20,24-26,29H,1-3,6-7,12-13,21-23H2,(H,42,43)(H,44,48)(H,46,47)/b20-17+. The lowest BCUT2D eigenvalue weighted by molar-refractivity contribution is -0.131. The highest BCUT2D eigenvalue weighted by Gasteiger charge is 2.40. The number of carboxylic acid groups (broad SMARTS) is 1. The second kappa shape index (κ2) is 12.5. The number of hydrogen-bond acceptors (Lipinski definition) is 3. The Labute approximate surface area is 280 Å². The minimum atomic E-state index is -0.988. The molecular formula is C41H40N4O3. The predicted octanol–water partition coefficient (Wildman–Crippen LogP) is 9.07. The fourth-order valence-corrected chi connectivity index (χ4v) is 8.33. The molecule has 1 amide bonds. The first kappa shape index (κ1) is 30.2. The third-order valence-corrected chi connectivity index (χ3v) is 10.6. The van der Waals surface area contributed by atoms with Gasteiger partial charge in [0.15, 0.2) is 0 Å². The van der Waals surface area contributed by atoms with Crippen molar-refractivity contribution in [3.05, 3.63) is 113 Å². The van der Waals surface area contributed by atoms with Crippen molar-refractivity contribution in [1.29, 1.82) is 0 Å². The minimum Gasteiger partial charge on any atom is -0.478 e. The van der Waals surface area contributed by atoms with Gasteiger partial charge in [0.1, 0.15) is 5.82 Å². The number of hydrogen-bond donors (Lipinski definition) is 3. The molecule has 0 bridgehead atoms. The van der Waals surface area contributed by atoms with Gasteiger partial charge in [-0.05, 0) is 72.6 Å². The minimum absolute atomic E-state index is 0.0801. The van der Waals surface area contributed by atoms with Gasteiger partial charge in [0.2, 0.25) is 0 Å². The van der Waals surface area contributed by atoms with E-state index in [-0.39, 0.29) is 5.91 Å². The molecule has 3 aromatic carbocycles. The lowest BCUT2D eigenvalue weighted by atomic mass is 9.81. The summed E-state index contributed by atoms with van der Waals surface area (Å²) in [6, 6.07) is 22.6. The lowest BCUT2D eigenvalue weighted by Gasteiger charge is -2.28. The molecule has 0 atom stereocenters.